The fourth-order valence-electron chi connectivity index (χ4n) is 7.71. The molecule has 1 aliphatic heterocycles. The van der Waals surface area contributed by atoms with Gasteiger partial charge in [0.2, 0.25) is 0 Å². The maximum Gasteiger partial charge on any atom is 0.306 e. The van der Waals surface area contributed by atoms with Gasteiger partial charge in [-0.25, -0.2) is 0 Å². The van der Waals surface area contributed by atoms with Crippen molar-refractivity contribution in [2.75, 3.05) is 19.8 Å². The highest BCUT2D eigenvalue weighted by Gasteiger charge is 2.44. The van der Waals surface area contributed by atoms with E-state index in [1.165, 1.54) is 148 Å². The van der Waals surface area contributed by atoms with Crippen molar-refractivity contribution in [3.8, 4) is 0 Å². The molecule has 0 spiro atoms. The summed E-state index contributed by atoms with van der Waals surface area (Å²) in [5.41, 5.74) is 0. The molecular formula is C49H92O10. The van der Waals surface area contributed by atoms with Crippen LogP contribution in [0.3, 0.4) is 0 Å². The number of hydrogen-bond acceptors (Lipinski definition) is 10. The summed E-state index contributed by atoms with van der Waals surface area (Å²) in [5, 5.41) is 40.1. The molecule has 10 heteroatoms. The molecule has 59 heavy (non-hydrogen) atoms. The number of ether oxygens (including phenoxy) is 4. The molecule has 4 N–H and O–H groups in total. The molecule has 10 nitrogen and oxygen atoms in total. The van der Waals surface area contributed by atoms with Crippen LogP contribution in [-0.2, 0) is 28.5 Å². The van der Waals surface area contributed by atoms with Crippen LogP contribution in [0.1, 0.15) is 232 Å². The third-order valence-electron chi connectivity index (χ3n) is 11.7. The molecule has 1 rings (SSSR count). The Morgan fingerprint density at radius 2 is 0.898 bits per heavy atom. The Balaban J connectivity index is 2.26. The van der Waals surface area contributed by atoms with Gasteiger partial charge in [0, 0.05) is 12.8 Å². The van der Waals surface area contributed by atoms with Crippen LogP contribution in [0.4, 0.5) is 0 Å². The highest BCUT2D eigenvalue weighted by molar-refractivity contribution is 5.70. The Bertz CT molecular complexity index is 974. The molecule has 0 saturated carbocycles. The second-order valence-electron chi connectivity index (χ2n) is 17.3. The highest BCUT2D eigenvalue weighted by Crippen LogP contribution is 2.23. The fourth-order valence-corrected chi connectivity index (χ4v) is 7.71. The topological polar surface area (TPSA) is 152 Å². The Hall–Kier alpha value is -1.56. The van der Waals surface area contributed by atoms with E-state index < -0.39 is 49.4 Å². The van der Waals surface area contributed by atoms with Crippen molar-refractivity contribution < 1.29 is 49.0 Å². The number of hydrogen-bond donors (Lipinski definition) is 4. The number of aliphatic hydroxyl groups excluding tert-OH is 4. The lowest BCUT2D eigenvalue weighted by Gasteiger charge is -2.39. The van der Waals surface area contributed by atoms with Gasteiger partial charge >= 0.3 is 11.9 Å². The number of rotatable bonds is 42. The normalized spacial score (nSPS) is 20.0. The first-order chi connectivity index (χ1) is 28.8. The molecule has 0 amide bonds. The lowest BCUT2D eigenvalue weighted by atomic mass is 9.99. The van der Waals surface area contributed by atoms with Crippen LogP contribution in [0, 0.1) is 0 Å². The van der Waals surface area contributed by atoms with E-state index in [0.29, 0.717) is 6.42 Å². The minimum absolute atomic E-state index is 0.215. The maximum absolute atomic E-state index is 12.8. The summed E-state index contributed by atoms with van der Waals surface area (Å²) in [5.74, 6) is -0.803. The third kappa shape index (κ3) is 31.9. The molecule has 0 aromatic heterocycles. The summed E-state index contributed by atoms with van der Waals surface area (Å²) < 4.78 is 22.2. The van der Waals surface area contributed by atoms with E-state index in [9.17, 15) is 30.0 Å². The van der Waals surface area contributed by atoms with E-state index in [-0.39, 0.29) is 32.0 Å². The SMILES string of the molecule is CCCCCCCC/C=C/CCCCCCCC(=O)O[C@@H](COC(=O)CCCCCCCCCCCCCCCCCCCCC)CO[C@H]1O[C@@H](CO)[C@@H](O)C(O)C1O. The van der Waals surface area contributed by atoms with E-state index in [1.54, 1.807) is 0 Å². The number of carbonyl (C=O) groups excluding carboxylic acids is 2. The summed E-state index contributed by atoms with van der Waals surface area (Å²) in [7, 11) is 0. The van der Waals surface area contributed by atoms with Gasteiger partial charge in [0.05, 0.1) is 13.2 Å². The van der Waals surface area contributed by atoms with Crippen molar-refractivity contribution >= 4 is 11.9 Å². The molecule has 0 aromatic carbocycles. The third-order valence-corrected chi connectivity index (χ3v) is 11.7. The van der Waals surface area contributed by atoms with E-state index in [4.69, 9.17) is 18.9 Å². The van der Waals surface area contributed by atoms with Crippen LogP contribution in [0.15, 0.2) is 12.2 Å². The van der Waals surface area contributed by atoms with Gasteiger partial charge in [-0.05, 0) is 38.5 Å². The van der Waals surface area contributed by atoms with Crippen LogP contribution >= 0.6 is 0 Å². The fraction of sp³-hybridized carbons (Fsp3) is 0.918. The number of esters is 2. The first kappa shape index (κ1) is 55.5. The van der Waals surface area contributed by atoms with E-state index in [1.807, 2.05) is 0 Å². The van der Waals surface area contributed by atoms with Crippen LogP contribution in [0.25, 0.3) is 0 Å². The minimum Gasteiger partial charge on any atom is -0.462 e. The smallest absolute Gasteiger partial charge is 0.306 e. The molecule has 0 radical (unpaired) electrons. The Labute approximate surface area is 361 Å². The number of unbranched alkanes of at least 4 members (excludes halogenated alkanes) is 29. The van der Waals surface area contributed by atoms with E-state index in [0.717, 1.165) is 51.4 Å². The zero-order chi connectivity index (χ0) is 43.0. The molecule has 1 saturated heterocycles. The first-order valence-corrected chi connectivity index (χ1v) is 24.8. The van der Waals surface area contributed by atoms with Crippen LogP contribution in [-0.4, -0.2) is 89.0 Å². The van der Waals surface area contributed by atoms with Crippen molar-refractivity contribution in [3.63, 3.8) is 0 Å². The summed E-state index contributed by atoms with van der Waals surface area (Å²) >= 11 is 0. The molecule has 1 fully saturated rings. The second-order valence-corrected chi connectivity index (χ2v) is 17.3. The number of aliphatic hydroxyl groups is 4. The molecule has 0 aromatic rings. The van der Waals surface area contributed by atoms with Crippen molar-refractivity contribution in [2.45, 2.75) is 269 Å². The molecule has 1 heterocycles. The van der Waals surface area contributed by atoms with E-state index in [2.05, 4.69) is 26.0 Å². The average molecular weight is 841 g/mol. The maximum atomic E-state index is 12.8. The molecular weight excluding hydrogens is 749 g/mol. The van der Waals surface area contributed by atoms with Crippen LogP contribution < -0.4 is 0 Å². The standard InChI is InChI=1S/C49H92O10/c1-3-5-7-9-11-13-15-17-19-20-21-22-24-25-27-29-31-33-35-37-44(51)56-40-42(41-57-49-48(55)47(54)46(53)43(39-50)59-49)58-45(52)38-36-34-32-30-28-26-23-18-16-14-12-10-8-6-4-2/h18,23,42-43,46-50,53-55H,3-17,19-22,24-41H2,1-2H3/b23-18+/t42-,43-,46+,47?,48?,49-/m0/s1. The predicted molar refractivity (Wildman–Crippen MR) is 238 cm³/mol. The summed E-state index contributed by atoms with van der Waals surface area (Å²) in [6, 6.07) is 0. The zero-order valence-corrected chi connectivity index (χ0v) is 38.0. The number of allylic oxidation sites excluding steroid dienone is 2. The molecule has 348 valence electrons. The lowest BCUT2D eigenvalue weighted by molar-refractivity contribution is -0.305. The van der Waals surface area contributed by atoms with Crippen molar-refractivity contribution in [2.24, 2.45) is 0 Å². The highest BCUT2D eigenvalue weighted by atomic mass is 16.7. The summed E-state index contributed by atoms with van der Waals surface area (Å²) in [6.07, 6.45) is 36.5. The van der Waals surface area contributed by atoms with Gasteiger partial charge in [-0.3, -0.25) is 9.59 Å². The van der Waals surface area contributed by atoms with Gasteiger partial charge in [-0.1, -0.05) is 193 Å². The van der Waals surface area contributed by atoms with Gasteiger partial charge < -0.3 is 39.4 Å². The Morgan fingerprint density at radius 1 is 0.508 bits per heavy atom. The van der Waals surface area contributed by atoms with Crippen LogP contribution in [0.2, 0.25) is 0 Å². The van der Waals surface area contributed by atoms with Crippen molar-refractivity contribution in [1.82, 2.24) is 0 Å². The summed E-state index contributed by atoms with van der Waals surface area (Å²) in [6.45, 7) is 3.45. The molecule has 0 aliphatic carbocycles. The molecule has 2 unspecified atom stereocenters. The van der Waals surface area contributed by atoms with Crippen LogP contribution in [0.5, 0.6) is 0 Å². The minimum atomic E-state index is -1.59. The first-order valence-electron chi connectivity index (χ1n) is 24.8. The zero-order valence-electron chi connectivity index (χ0n) is 38.0. The largest absolute Gasteiger partial charge is 0.462 e. The predicted octanol–water partition coefficient (Wildman–Crippen LogP) is 11.1. The molecule has 1 aliphatic rings. The Kier molecular flexibility index (Phi) is 38.1. The molecule has 0 bridgehead atoms. The van der Waals surface area contributed by atoms with Gasteiger partial charge in [-0.2, -0.15) is 0 Å². The van der Waals surface area contributed by atoms with Crippen molar-refractivity contribution in [3.05, 3.63) is 12.2 Å². The van der Waals surface area contributed by atoms with E-state index >= 15 is 0 Å². The average Bonchev–Trinajstić information content (AvgIpc) is 3.23. The Morgan fingerprint density at radius 3 is 1.32 bits per heavy atom. The van der Waals surface area contributed by atoms with Gasteiger partial charge in [0.25, 0.3) is 0 Å². The summed E-state index contributed by atoms with van der Waals surface area (Å²) in [4.78, 5) is 25.4. The van der Waals surface area contributed by atoms with Gasteiger partial charge in [-0.15, -0.1) is 0 Å². The van der Waals surface area contributed by atoms with Crippen molar-refractivity contribution in [1.29, 1.82) is 0 Å². The monoisotopic (exact) mass is 841 g/mol. The van der Waals surface area contributed by atoms with Gasteiger partial charge in [0.1, 0.15) is 31.0 Å². The number of carbonyl (C=O) groups is 2. The quantitative estimate of drug-likeness (QED) is 0.0265. The van der Waals surface area contributed by atoms with Gasteiger partial charge in [0.15, 0.2) is 12.4 Å². The molecule has 6 atom stereocenters. The lowest BCUT2D eigenvalue weighted by Crippen LogP contribution is -2.59. The second kappa shape index (κ2) is 40.5.